The molecule has 2 fully saturated rings. The first-order chi connectivity index (χ1) is 11.5. The summed E-state index contributed by atoms with van der Waals surface area (Å²) < 4.78 is 38.3. The van der Waals surface area contributed by atoms with Gasteiger partial charge < -0.3 is 14.4 Å². The Morgan fingerprint density at radius 2 is 1.83 bits per heavy atom. The van der Waals surface area contributed by atoms with Crippen molar-refractivity contribution in [2.75, 3.05) is 32.2 Å². The molecule has 1 spiro atoms. The lowest BCUT2D eigenvalue weighted by atomic mass is 9.94. The lowest BCUT2D eigenvalue weighted by Gasteiger charge is -2.34. The van der Waals surface area contributed by atoms with Gasteiger partial charge in [-0.2, -0.15) is 0 Å². The quantitative estimate of drug-likeness (QED) is 0.861. The van der Waals surface area contributed by atoms with Crippen molar-refractivity contribution in [3.05, 3.63) is 18.5 Å². The minimum atomic E-state index is -2.55. The summed E-state index contributed by atoms with van der Waals surface area (Å²) in [7, 11) is 3.13. The number of ether oxygens (including phenoxy) is 2. The Labute approximate surface area is 138 Å². The fourth-order valence-corrected chi connectivity index (χ4v) is 3.76. The fourth-order valence-electron chi connectivity index (χ4n) is 3.76. The highest BCUT2D eigenvalue weighted by Crippen LogP contribution is 2.64. The normalized spacial score (nSPS) is 25.1. The standard InChI is InChI=1S/C17H19F2N3O2/c1-23-13-6-11-12(7-14(13)24-2)20-10-21-15(11)22-5-3-4-16(9-22)8-17(16,18)19/h6-7,10H,3-5,8-9H2,1-2H3. The molecular weight excluding hydrogens is 316 g/mol. The van der Waals surface area contributed by atoms with Gasteiger partial charge in [0.25, 0.3) is 5.92 Å². The average molecular weight is 335 g/mol. The second-order valence-corrected chi connectivity index (χ2v) is 6.61. The van der Waals surface area contributed by atoms with Crippen molar-refractivity contribution in [2.24, 2.45) is 5.41 Å². The van der Waals surface area contributed by atoms with Crippen LogP contribution < -0.4 is 14.4 Å². The number of aromatic nitrogens is 2. The molecule has 2 heterocycles. The maximum absolute atomic E-state index is 13.8. The molecule has 1 aromatic carbocycles. The van der Waals surface area contributed by atoms with E-state index in [1.54, 1.807) is 20.3 Å². The van der Waals surface area contributed by atoms with E-state index in [9.17, 15) is 8.78 Å². The largest absolute Gasteiger partial charge is 0.493 e. The van der Waals surface area contributed by atoms with Crippen LogP contribution >= 0.6 is 0 Å². The highest BCUT2D eigenvalue weighted by atomic mass is 19.3. The zero-order valence-corrected chi connectivity index (χ0v) is 13.7. The van der Waals surface area contributed by atoms with Gasteiger partial charge in [0.2, 0.25) is 0 Å². The van der Waals surface area contributed by atoms with E-state index in [4.69, 9.17) is 9.47 Å². The molecule has 7 heteroatoms. The van der Waals surface area contributed by atoms with Crippen molar-refractivity contribution < 1.29 is 18.3 Å². The van der Waals surface area contributed by atoms with Crippen LogP contribution in [-0.2, 0) is 0 Å². The number of halogens is 2. The molecule has 0 amide bonds. The van der Waals surface area contributed by atoms with Gasteiger partial charge in [-0.1, -0.05) is 0 Å². The number of benzene rings is 1. The highest BCUT2D eigenvalue weighted by molar-refractivity contribution is 5.92. The minimum absolute atomic E-state index is 0.0172. The molecule has 128 valence electrons. The summed E-state index contributed by atoms with van der Waals surface area (Å²) in [5, 5.41) is 0.788. The zero-order chi connectivity index (χ0) is 16.9. The van der Waals surface area contributed by atoms with Gasteiger partial charge in [-0.05, 0) is 18.9 Å². The second kappa shape index (κ2) is 5.16. The van der Waals surface area contributed by atoms with Gasteiger partial charge in [0.1, 0.15) is 12.1 Å². The van der Waals surface area contributed by atoms with E-state index in [1.165, 1.54) is 6.33 Å². The number of methoxy groups -OCH3 is 2. The summed E-state index contributed by atoms with van der Waals surface area (Å²) in [5.74, 6) is -0.708. The molecular formula is C17H19F2N3O2. The highest BCUT2D eigenvalue weighted by Gasteiger charge is 2.71. The Morgan fingerprint density at radius 3 is 2.50 bits per heavy atom. The maximum atomic E-state index is 13.8. The number of rotatable bonds is 3. The van der Waals surface area contributed by atoms with Gasteiger partial charge >= 0.3 is 0 Å². The average Bonchev–Trinajstić information content (AvgIpc) is 3.11. The van der Waals surface area contributed by atoms with Crippen LogP contribution in [0.2, 0.25) is 0 Å². The summed E-state index contributed by atoms with van der Waals surface area (Å²) in [6.07, 6.45) is 2.78. The van der Waals surface area contributed by atoms with Crippen LogP contribution in [0.4, 0.5) is 14.6 Å². The third-order valence-electron chi connectivity index (χ3n) is 5.21. The smallest absolute Gasteiger partial charge is 0.256 e. The number of hydrogen-bond acceptors (Lipinski definition) is 5. The van der Waals surface area contributed by atoms with Crippen molar-refractivity contribution in [1.29, 1.82) is 0 Å². The summed E-state index contributed by atoms with van der Waals surface area (Å²) in [5.41, 5.74) is -0.168. The molecule has 0 radical (unpaired) electrons. The van der Waals surface area contributed by atoms with Gasteiger partial charge in [0, 0.05) is 31.0 Å². The number of nitrogens with zero attached hydrogens (tertiary/aromatic N) is 3. The van der Waals surface area contributed by atoms with E-state index in [-0.39, 0.29) is 6.42 Å². The van der Waals surface area contributed by atoms with E-state index < -0.39 is 11.3 Å². The molecule has 0 bridgehead atoms. The van der Waals surface area contributed by atoms with Crippen LogP contribution in [0.3, 0.4) is 0 Å². The van der Waals surface area contributed by atoms with E-state index >= 15 is 0 Å². The Hall–Kier alpha value is -2.18. The summed E-state index contributed by atoms with van der Waals surface area (Å²) in [6, 6.07) is 3.60. The topological polar surface area (TPSA) is 47.5 Å². The number of piperidine rings is 1. The predicted molar refractivity (Wildman–Crippen MR) is 86.1 cm³/mol. The van der Waals surface area contributed by atoms with Gasteiger partial charge in [0.05, 0.1) is 25.2 Å². The van der Waals surface area contributed by atoms with E-state index in [1.807, 2.05) is 11.0 Å². The molecule has 1 aromatic heterocycles. The Morgan fingerprint density at radius 1 is 1.12 bits per heavy atom. The van der Waals surface area contributed by atoms with Crippen molar-refractivity contribution in [3.63, 3.8) is 0 Å². The Kier molecular flexibility index (Phi) is 3.30. The molecule has 5 nitrogen and oxygen atoms in total. The van der Waals surface area contributed by atoms with Gasteiger partial charge in [0.15, 0.2) is 11.5 Å². The molecule has 2 aliphatic rings. The summed E-state index contributed by atoms with van der Waals surface area (Å²) in [4.78, 5) is 10.6. The SMILES string of the molecule is COc1cc2ncnc(N3CCCC4(C3)CC4(F)F)c2cc1OC. The van der Waals surface area contributed by atoms with Crippen LogP contribution in [0.1, 0.15) is 19.3 Å². The summed E-state index contributed by atoms with van der Waals surface area (Å²) >= 11 is 0. The Balaban J connectivity index is 1.76. The first kappa shape index (κ1) is 15.4. The molecule has 1 aliphatic heterocycles. The van der Waals surface area contributed by atoms with Crippen LogP contribution in [-0.4, -0.2) is 43.2 Å². The van der Waals surface area contributed by atoms with Crippen molar-refractivity contribution in [3.8, 4) is 11.5 Å². The third kappa shape index (κ3) is 2.17. The van der Waals surface area contributed by atoms with Crippen LogP contribution in [0.15, 0.2) is 18.5 Å². The van der Waals surface area contributed by atoms with Crippen LogP contribution in [0.5, 0.6) is 11.5 Å². The number of alkyl halides is 2. The molecule has 1 atom stereocenters. The molecule has 1 unspecified atom stereocenters. The molecule has 1 saturated carbocycles. The third-order valence-corrected chi connectivity index (χ3v) is 5.21. The van der Waals surface area contributed by atoms with E-state index in [0.29, 0.717) is 35.8 Å². The van der Waals surface area contributed by atoms with Gasteiger partial charge in [-0.25, -0.2) is 18.7 Å². The van der Waals surface area contributed by atoms with Crippen molar-refractivity contribution in [2.45, 2.75) is 25.2 Å². The zero-order valence-electron chi connectivity index (χ0n) is 13.7. The fraction of sp³-hybridized carbons (Fsp3) is 0.529. The van der Waals surface area contributed by atoms with Crippen LogP contribution in [0, 0.1) is 5.41 Å². The number of anilines is 1. The van der Waals surface area contributed by atoms with Crippen molar-refractivity contribution in [1.82, 2.24) is 9.97 Å². The lowest BCUT2D eigenvalue weighted by molar-refractivity contribution is 0.0575. The predicted octanol–water partition coefficient (Wildman–Crippen LogP) is 3.27. The second-order valence-electron chi connectivity index (χ2n) is 6.61. The number of hydrogen-bond donors (Lipinski definition) is 0. The lowest BCUT2D eigenvalue weighted by Crippen LogP contribution is -2.39. The van der Waals surface area contributed by atoms with Crippen LogP contribution in [0.25, 0.3) is 10.9 Å². The monoisotopic (exact) mass is 335 g/mol. The van der Waals surface area contributed by atoms with E-state index in [0.717, 1.165) is 18.4 Å². The molecule has 4 rings (SSSR count). The first-order valence-electron chi connectivity index (χ1n) is 7.99. The number of fused-ring (bicyclic) bond motifs is 1. The van der Waals surface area contributed by atoms with E-state index in [2.05, 4.69) is 9.97 Å². The van der Waals surface area contributed by atoms with Gasteiger partial charge in [-0.15, -0.1) is 0 Å². The molecule has 2 aromatic rings. The first-order valence-corrected chi connectivity index (χ1v) is 7.99. The molecule has 1 saturated heterocycles. The van der Waals surface area contributed by atoms with Gasteiger partial charge in [-0.3, -0.25) is 0 Å². The summed E-state index contributed by atoms with van der Waals surface area (Å²) in [6.45, 7) is 1.05. The minimum Gasteiger partial charge on any atom is -0.493 e. The Bertz CT molecular complexity index is 799. The molecule has 24 heavy (non-hydrogen) atoms. The van der Waals surface area contributed by atoms with Crippen molar-refractivity contribution >= 4 is 16.7 Å². The maximum Gasteiger partial charge on any atom is 0.256 e. The molecule has 1 aliphatic carbocycles. The molecule has 0 N–H and O–H groups in total.